The number of aromatic nitrogens is 1. The Kier molecular flexibility index (Phi) is 14.2. The van der Waals surface area contributed by atoms with Gasteiger partial charge in [0.15, 0.2) is 0 Å². The second kappa shape index (κ2) is 17.6. The van der Waals surface area contributed by atoms with Crippen LogP contribution in [0.1, 0.15) is 72.1 Å². The van der Waals surface area contributed by atoms with E-state index in [1.165, 1.54) is 0 Å². The average molecular weight is 674 g/mol. The number of amides is 4. The van der Waals surface area contributed by atoms with Crippen molar-refractivity contribution in [1.29, 1.82) is 0 Å². The summed E-state index contributed by atoms with van der Waals surface area (Å²) in [5.41, 5.74) is 3.72. The van der Waals surface area contributed by atoms with Crippen LogP contribution >= 0.6 is 11.3 Å². The van der Waals surface area contributed by atoms with Crippen molar-refractivity contribution in [3.63, 3.8) is 0 Å². The molecule has 2 heterocycles. The maximum absolute atomic E-state index is 13.7. The number of rotatable bonds is 15. The van der Waals surface area contributed by atoms with Crippen molar-refractivity contribution in [1.82, 2.24) is 25.8 Å². The molecule has 3 N–H and O–H groups in total. The Labute approximate surface area is 282 Å². The smallest absolute Gasteiger partial charge is 0.407 e. The Morgan fingerprint density at radius 3 is 2.34 bits per heavy atom. The van der Waals surface area contributed by atoms with Crippen LogP contribution in [0.2, 0.25) is 0 Å². The molecule has 1 fully saturated rings. The molecule has 4 amide bonds. The SMILES string of the molecule is Cc1ncsc1-c1ccc(CNC(=O)C2CCCN2C(=O)C(NC(=O)COCCCOCCNC(=O)OC(C)(C)C)C(C)(C)C)cc1. The predicted octanol–water partition coefficient (Wildman–Crippen LogP) is 4.20. The molecule has 1 aliphatic heterocycles. The zero-order chi connectivity index (χ0) is 34.6. The fraction of sp³-hybridized carbons (Fsp3) is 0.618. The van der Waals surface area contributed by atoms with Gasteiger partial charge < -0.3 is 35.1 Å². The van der Waals surface area contributed by atoms with Crippen LogP contribution in [0, 0.1) is 12.3 Å². The third-order valence-electron chi connectivity index (χ3n) is 7.41. The first-order valence-corrected chi connectivity index (χ1v) is 17.0. The molecule has 0 saturated carbocycles. The first-order valence-electron chi connectivity index (χ1n) is 16.1. The molecule has 1 aromatic heterocycles. The fourth-order valence-corrected chi connectivity index (χ4v) is 5.86. The molecule has 0 aliphatic carbocycles. The third kappa shape index (κ3) is 12.5. The Morgan fingerprint density at radius 2 is 1.70 bits per heavy atom. The molecule has 260 valence electrons. The molecule has 2 atom stereocenters. The number of hydrogen-bond acceptors (Lipinski definition) is 9. The summed E-state index contributed by atoms with van der Waals surface area (Å²) >= 11 is 1.60. The third-order valence-corrected chi connectivity index (χ3v) is 8.39. The zero-order valence-corrected chi connectivity index (χ0v) is 29.6. The van der Waals surface area contributed by atoms with E-state index in [9.17, 15) is 19.2 Å². The van der Waals surface area contributed by atoms with Gasteiger partial charge in [-0.25, -0.2) is 9.78 Å². The fourth-order valence-electron chi connectivity index (χ4n) is 5.05. The van der Waals surface area contributed by atoms with E-state index in [1.807, 2.05) is 57.5 Å². The number of ether oxygens (including phenoxy) is 3. The van der Waals surface area contributed by atoms with E-state index in [4.69, 9.17) is 14.2 Å². The van der Waals surface area contributed by atoms with Crippen LogP contribution in [0.4, 0.5) is 4.79 Å². The number of alkyl carbamates (subject to hydrolysis) is 1. The standard InChI is InChI=1S/C34H51N5O7S/c1-23-28(47-22-37-23)25-13-11-24(12-14-25)20-36-30(41)26-10-8-16-39(26)31(42)29(33(2,3)4)38-27(40)21-45-18-9-17-44-19-15-35-32(43)46-34(5,6)7/h11-14,22,26,29H,8-10,15-21H2,1-7H3,(H,35,43)(H,36,41)(H,38,40). The van der Waals surface area contributed by atoms with Crippen molar-refractivity contribution < 1.29 is 33.4 Å². The largest absolute Gasteiger partial charge is 0.444 e. The topological polar surface area (TPSA) is 148 Å². The molecule has 2 unspecified atom stereocenters. The summed E-state index contributed by atoms with van der Waals surface area (Å²) in [5, 5.41) is 8.46. The lowest BCUT2D eigenvalue weighted by Crippen LogP contribution is -2.58. The van der Waals surface area contributed by atoms with E-state index in [0.29, 0.717) is 58.7 Å². The predicted molar refractivity (Wildman–Crippen MR) is 181 cm³/mol. The number of carbonyl (C=O) groups is 4. The molecule has 12 nitrogen and oxygen atoms in total. The van der Waals surface area contributed by atoms with Gasteiger partial charge in [-0.15, -0.1) is 11.3 Å². The molecule has 0 spiro atoms. The van der Waals surface area contributed by atoms with E-state index in [2.05, 4.69) is 20.9 Å². The summed E-state index contributed by atoms with van der Waals surface area (Å²) in [6.45, 7) is 15.0. The number of aryl methyl sites for hydroxylation is 1. The number of nitrogens with one attached hydrogen (secondary N) is 3. The molecule has 1 aliphatic rings. The van der Waals surface area contributed by atoms with E-state index in [-0.39, 0.29) is 18.4 Å². The monoisotopic (exact) mass is 673 g/mol. The zero-order valence-electron chi connectivity index (χ0n) is 28.8. The minimum atomic E-state index is -0.824. The van der Waals surface area contributed by atoms with Crippen LogP contribution in [0.15, 0.2) is 29.8 Å². The highest BCUT2D eigenvalue weighted by Crippen LogP contribution is 2.28. The van der Waals surface area contributed by atoms with Gasteiger partial charge >= 0.3 is 6.09 Å². The number of likely N-dealkylation sites (tertiary alicyclic amines) is 1. The quantitative estimate of drug-likeness (QED) is 0.238. The van der Waals surface area contributed by atoms with Crippen molar-refractivity contribution in [3.05, 3.63) is 41.0 Å². The summed E-state index contributed by atoms with van der Waals surface area (Å²) in [6.07, 6.45) is 1.34. The van der Waals surface area contributed by atoms with Crippen LogP contribution in [-0.4, -0.2) is 90.9 Å². The average Bonchev–Trinajstić information content (AvgIpc) is 3.66. The van der Waals surface area contributed by atoms with Gasteiger partial charge in [0, 0.05) is 32.8 Å². The Morgan fingerprint density at radius 1 is 1.00 bits per heavy atom. The maximum atomic E-state index is 13.7. The normalized spacial score (nSPS) is 15.6. The van der Waals surface area contributed by atoms with Crippen LogP contribution < -0.4 is 16.0 Å². The van der Waals surface area contributed by atoms with Gasteiger partial charge in [-0.05, 0) is 63.5 Å². The van der Waals surface area contributed by atoms with E-state index in [1.54, 1.807) is 37.0 Å². The molecule has 0 bridgehead atoms. The lowest BCUT2D eigenvalue weighted by atomic mass is 9.85. The summed E-state index contributed by atoms with van der Waals surface area (Å²) in [7, 11) is 0. The first kappa shape index (κ1) is 37.9. The van der Waals surface area contributed by atoms with Crippen LogP contribution in [0.25, 0.3) is 10.4 Å². The van der Waals surface area contributed by atoms with Crippen molar-refractivity contribution in [2.24, 2.45) is 5.41 Å². The minimum absolute atomic E-state index is 0.203. The van der Waals surface area contributed by atoms with Crippen molar-refractivity contribution in [2.45, 2.75) is 92.0 Å². The summed E-state index contributed by atoms with van der Waals surface area (Å²) in [5.74, 6) is -0.887. The number of carbonyl (C=O) groups excluding carboxylic acids is 4. The molecule has 0 radical (unpaired) electrons. The summed E-state index contributed by atoms with van der Waals surface area (Å²) < 4.78 is 16.1. The van der Waals surface area contributed by atoms with E-state index in [0.717, 1.165) is 21.7 Å². The van der Waals surface area contributed by atoms with Crippen molar-refractivity contribution >= 4 is 35.2 Å². The molecule has 3 rings (SSSR count). The number of thiazole rings is 1. The van der Waals surface area contributed by atoms with Crippen LogP contribution in [0.3, 0.4) is 0 Å². The van der Waals surface area contributed by atoms with Crippen molar-refractivity contribution in [3.8, 4) is 10.4 Å². The number of nitrogens with zero attached hydrogens (tertiary/aromatic N) is 2. The van der Waals surface area contributed by atoms with Crippen molar-refractivity contribution in [2.75, 3.05) is 39.5 Å². The van der Waals surface area contributed by atoms with E-state index >= 15 is 0 Å². The second-order valence-electron chi connectivity index (χ2n) is 13.7. The molecular weight excluding hydrogens is 622 g/mol. The van der Waals surface area contributed by atoms with Gasteiger partial charge in [0.25, 0.3) is 0 Å². The molecule has 47 heavy (non-hydrogen) atoms. The number of benzene rings is 1. The van der Waals surface area contributed by atoms with Crippen LogP contribution in [0.5, 0.6) is 0 Å². The molecular formula is C34H51N5O7S. The van der Waals surface area contributed by atoms with Gasteiger partial charge in [-0.2, -0.15) is 0 Å². The van der Waals surface area contributed by atoms with Gasteiger partial charge in [0.1, 0.15) is 24.3 Å². The highest BCUT2D eigenvalue weighted by Gasteiger charge is 2.41. The van der Waals surface area contributed by atoms with Gasteiger partial charge in [0.05, 0.1) is 22.7 Å². The maximum Gasteiger partial charge on any atom is 0.407 e. The summed E-state index contributed by atoms with van der Waals surface area (Å²) in [6, 6.07) is 6.60. The van der Waals surface area contributed by atoms with Gasteiger partial charge in [-0.1, -0.05) is 45.0 Å². The Balaban J connectivity index is 1.40. The number of hydrogen-bond donors (Lipinski definition) is 3. The minimum Gasteiger partial charge on any atom is -0.444 e. The molecule has 1 saturated heterocycles. The van der Waals surface area contributed by atoms with Gasteiger partial charge in [-0.3, -0.25) is 14.4 Å². The Bertz CT molecular complexity index is 1330. The first-order chi connectivity index (χ1) is 22.2. The Hall–Kier alpha value is -3.55. The lowest BCUT2D eigenvalue weighted by molar-refractivity contribution is -0.144. The van der Waals surface area contributed by atoms with Crippen LogP contribution in [-0.2, 0) is 35.1 Å². The highest BCUT2D eigenvalue weighted by atomic mass is 32.1. The lowest BCUT2D eigenvalue weighted by Gasteiger charge is -2.35. The van der Waals surface area contributed by atoms with Gasteiger partial charge in [0.2, 0.25) is 17.7 Å². The van der Waals surface area contributed by atoms with E-state index < -0.39 is 35.1 Å². The molecule has 2 aromatic rings. The second-order valence-corrected chi connectivity index (χ2v) is 14.5. The summed E-state index contributed by atoms with van der Waals surface area (Å²) in [4.78, 5) is 58.4. The molecule has 1 aromatic carbocycles. The molecule has 13 heteroatoms. The highest BCUT2D eigenvalue weighted by molar-refractivity contribution is 7.13.